The van der Waals surface area contributed by atoms with E-state index in [2.05, 4.69) is 22.8 Å². The maximum Gasteiger partial charge on any atom is 0.170 e. The van der Waals surface area contributed by atoms with E-state index in [9.17, 15) is 0 Å². The Labute approximate surface area is 134 Å². The van der Waals surface area contributed by atoms with E-state index in [0.29, 0.717) is 5.11 Å². The Morgan fingerprint density at radius 3 is 2.48 bits per heavy atom. The topological polar surface area (TPSA) is 47.9 Å². The van der Waals surface area contributed by atoms with Gasteiger partial charge in [0.25, 0.3) is 0 Å². The summed E-state index contributed by atoms with van der Waals surface area (Å²) in [6.07, 6.45) is 0.931. The Kier molecular flexibility index (Phi) is 6.07. The van der Waals surface area contributed by atoms with Crippen molar-refractivity contribution in [2.45, 2.75) is 11.3 Å². The van der Waals surface area contributed by atoms with Crippen LogP contribution in [0.25, 0.3) is 0 Å². The molecule has 106 valence electrons. The molecule has 0 saturated heterocycles. The lowest BCUT2D eigenvalue weighted by Gasteiger charge is -2.10. The van der Waals surface area contributed by atoms with Crippen LogP contribution in [0.3, 0.4) is 0 Å². The molecule has 2 aromatic carbocycles. The number of thiocyanates is 1. The van der Waals surface area contributed by atoms with Gasteiger partial charge in [0, 0.05) is 17.1 Å². The third-order valence-corrected chi connectivity index (χ3v) is 3.66. The van der Waals surface area contributed by atoms with Gasteiger partial charge < -0.3 is 10.6 Å². The molecule has 0 aliphatic rings. The summed E-state index contributed by atoms with van der Waals surface area (Å²) in [6.45, 7) is 0.790. The first-order valence-electron chi connectivity index (χ1n) is 6.53. The van der Waals surface area contributed by atoms with E-state index < -0.39 is 0 Å². The van der Waals surface area contributed by atoms with Gasteiger partial charge in [-0.2, -0.15) is 5.26 Å². The van der Waals surface area contributed by atoms with Gasteiger partial charge in [-0.1, -0.05) is 30.3 Å². The molecule has 0 fully saturated rings. The van der Waals surface area contributed by atoms with Gasteiger partial charge in [0.15, 0.2) is 5.11 Å². The van der Waals surface area contributed by atoms with Gasteiger partial charge in [-0.05, 0) is 60.2 Å². The van der Waals surface area contributed by atoms with Gasteiger partial charge in [-0.25, -0.2) is 0 Å². The molecule has 0 aliphatic heterocycles. The molecule has 0 radical (unpaired) electrons. The van der Waals surface area contributed by atoms with Crippen molar-refractivity contribution in [3.05, 3.63) is 60.2 Å². The van der Waals surface area contributed by atoms with E-state index in [-0.39, 0.29) is 0 Å². The van der Waals surface area contributed by atoms with E-state index in [1.165, 1.54) is 5.56 Å². The number of benzene rings is 2. The predicted octanol–water partition coefficient (Wildman–Crippen LogP) is 3.79. The highest BCUT2D eigenvalue weighted by Crippen LogP contribution is 2.18. The highest BCUT2D eigenvalue weighted by molar-refractivity contribution is 8.03. The lowest BCUT2D eigenvalue weighted by atomic mass is 10.1. The van der Waals surface area contributed by atoms with Crippen molar-refractivity contribution in [2.24, 2.45) is 0 Å². The van der Waals surface area contributed by atoms with Crippen LogP contribution in [0.2, 0.25) is 0 Å². The van der Waals surface area contributed by atoms with Crippen molar-refractivity contribution in [2.75, 3.05) is 11.9 Å². The van der Waals surface area contributed by atoms with E-state index in [1.807, 2.05) is 47.9 Å². The van der Waals surface area contributed by atoms with E-state index >= 15 is 0 Å². The van der Waals surface area contributed by atoms with Gasteiger partial charge in [-0.3, -0.25) is 0 Å². The van der Waals surface area contributed by atoms with Crippen molar-refractivity contribution >= 4 is 34.8 Å². The number of thiocarbonyl (C=S) groups is 1. The molecule has 0 saturated carbocycles. The smallest absolute Gasteiger partial charge is 0.170 e. The molecular formula is C16H15N3S2. The molecule has 0 heterocycles. The number of nitrogens with zero attached hydrogens (tertiary/aromatic N) is 1. The first kappa shape index (κ1) is 15.4. The minimum Gasteiger partial charge on any atom is -0.362 e. The zero-order valence-electron chi connectivity index (χ0n) is 11.4. The van der Waals surface area contributed by atoms with E-state index in [4.69, 9.17) is 17.5 Å². The summed E-state index contributed by atoms with van der Waals surface area (Å²) in [5.41, 5.74) is 2.19. The number of hydrogen-bond acceptors (Lipinski definition) is 3. The summed E-state index contributed by atoms with van der Waals surface area (Å²) < 4.78 is 0. The minimum absolute atomic E-state index is 0.603. The molecule has 2 aromatic rings. The Balaban J connectivity index is 1.75. The van der Waals surface area contributed by atoms with Crippen LogP contribution in [0.4, 0.5) is 5.69 Å². The van der Waals surface area contributed by atoms with Crippen LogP contribution in [-0.2, 0) is 6.42 Å². The SMILES string of the molecule is N#CSc1ccc(NC(=S)NCCc2ccccc2)cc1. The zero-order valence-corrected chi connectivity index (χ0v) is 13.0. The van der Waals surface area contributed by atoms with Gasteiger partial charge in [0.2, 0.25) is 0 Å². The van der Waals surface area contributed by atoms with Gasteiger partial charge in [-0.15, -0.1) is 0 Å². The lowest BCUT2D eigenvalue weighted by Crippen LogP contribution is -2.30. The number of nitriles is 1. The largest absolute Gasteiger partial charge is 0.362 e. The second kappa shape index (κ2) is 8.30. The van der Waals surface area contributed by atoms with E-state index in [0.717, 1.165) is 35.3 Å². The number of anilines is 1. The van der Waals surface area contributed by atoms with Gasteiger partial charge >= 0.3 is 0 Å². The normalized spacial score (nSPS) is 9.67. The molecule has 3 nitrogen and oxygen atoms in total. The van der Waals surface area contributed by atoms with Crippen LogP contribution in [0.15, 0.2) is 59.5 Å². The van der Waals surface area contributed by atoms with Gasteiger partial charge in [0.1, 0.15) is 5.40 Å². The quantitative estimate of drug-likeness (QED) is 0.500. The first-order valence-corrected chi connectivity index (χ1v) is 7.75. The average molecular weight is 313 g/mol. The minimum atomic E-state index is 0.603. The Morgan fingerprint density at radius 2 is 1.81 bits per heavy atom. The molecule has 0 amide bonds. The Morgan fingerprint density at radius 1 is 1.10 bits per heavy atom. The lowest BCUT2D eigenvalue weighted by molar-refractivity contribution is 0.873. The fraction of sp³-hybridized carbons (Fsp3) is 0.125. The maximum absolute atomic E-state index is 8.59. The fourth-order valence-corrected chi connectivity index (χ4v) is 2.40. The predicted molar refractivity (Wildman–Crippen MR) is 92.3 cm³/mol. The summed E-state index contributed by atoms with van der Waals surface area (Å²) in [7, 11) is 0. The van der Waals surface area contributed by atoms with Crippen LogP contribution in [0.1, 0.15) is 5.56 Å². The fourth-order valence-electron chi connectivity index (χ4n) is 1.80. The van der Waals surface area contributed by atoms with Crippen molar-refractivity contribution in [3.63, 3.8) is 0 Å². The van der Waals surface area contributed by atoms with Crippen molar-refractivity contribution in [1.82, 2.24) is 5.32 Å². The summed E-state index contributed by atoms with van der Waals surface area (Å²) in [6, 6.07) is 17.9. The summed E-state index contributed by atoms with van der Waals surface area (Å²) >= 11 is 6.40. The van der Waals surface area contributed by atoms with Crippen molar-refractivity contribution < 1.29 is 0 Å². The molecule has 2 N–H and O–H groups in total. The molecule has 5 heteroatoms. The van der Waals surface area contributed by atoms with Crippen molar-refractivity contribution in [1.29, 1.82) is 5.26 Å². The Hall–Kier alpha value is -2.03. The second-order valence-electron chi connectivity index (χ2n) is 4.33. The van der Waals surface area contributed by atoms with Crippen molar-refractivity contribution in [3.8, 4) is 5.40 Å². The molecule has 2 rings (SSSR count). The summed E-state index contributed by atoms with van der Waals surface area (Å²) in [4.78, 5) is 0.922. The van der Waals surface area contributed by atoms with Crippen LogP contribution in [0, 0.1) is 10.7 Å². The van der Waals surface area contributed by atoms with Gasteiger partial charge in [0.05, 0.1) is 0 Å². The van der Waals surface area contributed by atoms with Crippen LogP contribution in [0.5, 0.6) is 0 Å². The standard InChI is InChI=1S/C16H15N3S2/c17-12-21-15-8-6-14(7-9-15)19-16(20)18-11-10-13-4-2-1-3-5-13/h1-9H,10-11H2,(H2,18,19,20). The number of rotatable bonds is 5. The molecule has 0 unspecified atom stereocenters. The van der Waals surface area contributed by atoms with Crippen LogP contribution >= 0.6 is 24.0 Å². The monoisotopic (exact) mass is 313 g/mol. The summed E-state index contributed by atoms with van der Waals surface area (Å²) in [5.74, 6) is 0. The number of nitrogens with one attached hydrogen (secondary N) is 2. The highest BCUT2D eigenvalue weighted by Gasteiger charge is 1.99. The van der Waals surface area contributed by atoms with Crippen LogP contribution < -0.4 is 10.6 Å². The average Bonchev–Trinajstić information content (AvgIpc) is 2.51. The molecular weight excluding hydrogens is 298 g/mol. The number of hydrogen-bond donors (Lipinski definition) is 2. The second-order valence-corrected chi connectivity index (χ2v) is 5.60. The van der Waals surface area contributed by atoms with Crippen LogP contribution in [-0.4, -0.2) is 11.7 Å². The third kappa shape index (κ3) is 5.46. The maximum atomic E-state index is 8.59. The Bertz CT molecular complexity index is 618. The number of thioether (sulfide) groups is 1. The summed E-state index contributed by atoms with van der Waals surface area (Å²) in [5, 5.41) is 17.5. The third-order valence-electron chi connectivity index (χ3n) is 2.82. The molecule has 0 atom stereocenters. The molecule has 0 spiro atoms. The highest BCUT2D eigenvalue weighted by atomic mass is 32.2. The first-order chi connectivity index (χ1) is 10.3. The molecule has 0 aliphatic carbocycles. The molecule has 0 aromatic heterocycles. The molecule has 21 heavy (non-hydrogen) atoms. The molecule has 0 bridgehead atoms. The van der Waals surface area contributed by atoms with E-state index in [1.54, 1.807) is 0 Å². The zero-order chi connectivity index (χ0) is 14.9.